The van der Waals surface area contributed by atoms with Crippen molar-refractivity contribution >= 4 is 48.6 Å². The monoisotopic (exact) mass is 585 g/mol. The molecule has 0 amide bonds. The van der Waals surface area contributed by atoms with E-state index in [2.05, 4.69) is 145 Å². The first kappa shape index (κ1) is 26.5. The molecule has 212 valence electrons. The van der Waals surface area contributed by atoms with Crippen molar-refractivity contribution in [2.24, 2.45) is 5.92 Å². The summed E-state index contributed by atoms with van der Waals surface area (Å²) in [5.74, 6) is 0.732. The number of nitrogens with zero attached hydrogens (tertiary/aromatic N) is 2. The maximum absolute atomic E-state index is 9.29. The zero-order valence-corrected chi connectivity index (χ0v) is 25.3. The lowest BCUT2D eigenvalue weighted by atomic mass is 9.83. The minimum absolute atomic E-state index is 0.170. The number of anilines is 3. The highest BCUT2D eigenvalue weighted by Gasteiger charge is 2.35. The van der Waals surface area contributed by atoms with E-state index in [0.29, 0.717) is 17.4 Å². The van der Waals surface area contributed by atoms with Crippen molar-refractivity contribution in [1.82, 2.24) is 0 Å². The fraction of sp³-hybridized carbons (Fsp3) is 0.125. The van der Waals surface area contributed by atoms with Gasteiger partial charge in [0.15, 0.2) is 0 Å². The van der Waals surface area contributed by atoms with Gasteiger partial charge in [0.1, 0.15) is 0 Å². The highest BCUT2D eigenvalue weighted by molar-refractivity contribution is 7.25. The Morgan fingerprint density at radius 2 is 1.59 bits per heavy atom. The molecule has 0 saturated heterocycles. The maximum atomic E-state index is 9.29. The van der Waals surface area contributed by atoms with Gasteiger partial charge in [0.2, 0.25) is 0 Å². The smallest absolute Gasteiger partial charge is 0.0991 e. The summed E-state index contributed by atoms with van der Waals surface area (Å²) in [5.41, 5.74) is 9.34. The van der Waals surface area contributed by atoms with E-state index in [9.17, 15) is 5.26 Å². The zero-order valence-electron chi connectivity index (χ0n) is 24.4. The highest BCUT2D eigenvalue weighted by atomic mass is 32.1. The topological polar surface area (TPSA) is 39.1 Å². The molecular weight excluding hydrogens is 555 g/mol. The van der Waals surface area contributed by atoms with Gasteiger partial charge in [0, 0.05) is 55.3 Å². The van der Waals surface area contributed by atoms with Crippen molar-refractivity contribution in [1.29, 1.82) is 5.26 Å². The van der Waals surface area contributed by atoms with Gasteiger partial charge in [-0.15, -0.1) is 11.3 Å². The first-order valence-electron chi connectivity index (χ1n) is 15.2. The fourth-order valence-electron chi connectivity index (χ4n) is 6.87. The van der Waals surface area contributed by atoms with Gasteiger partial charge in [-0.1, -0.05) is 91.9 Å². The third-order valence-electron chi connectivity index (χ3n) is 9.09. The Hall–Kier alpha value is -5.11. The molecule has 3 nitrogen and oxygen atoms in total. The van der Waals surface area contributed by atoms with Crippen LogP contribution in [0.15, 0.2) is 133 Å². The number of fused-ring (bicyclic) bond motifs is 4. The van der Waals surface area contributed by atoms with Crippen LogP contribution >= 0.6 is 11.3 Å². The largest absolute Gasteiger partial charge is 0.356 e. The molecule has 3 unspecified atom stereocenters. The van der Waals surface area contributed by atoms with E-state index in [1.807, 2.05) is 23.5 Å². The second-order valence-corrected chi connectivity index (χ2v) is 12.9. The van der Waals surface area contributed by atoms with Crippen LogP contribution in [0.3, 0.4) is 0 Å². The molecule has 1 aromatic heterocycles. The fourth-order valence-corrected chi connectivity index (χ4v) is 8.01. The Kier molecular flexibility index (Phi) is 6.55. The summed E-state index contributed by atoms with van der Waals surface area (Å²) in [4.78, 5) is 2.46. The third-order valence-corrected chi connectivity index (χ3v) is 10.2. The molecule has 0 bridgehead atoms. The van der Waals surface area contributed by atoms with E-state index >= 15 is 0 Å². The predicted octanol–water partition coefficient (Wildman–Crippen LogP) is 10.6. The quantitative estimate of drug-likeness (QED) is 0.211. The molecule has 3 atom stereocenters. The van der Waals surface area contributed by atoms with Crippen molar-refractivity contribution < 1.29 is 0 Å². The Balaban J connectivity index is 1.14. The molecule has 0 radical (unpaired) electrons. The summed E-state index contributed by atoms with van der Waals surface area (Å²) in [6, 6.07) is 41.4. The van der Waals surface area contributed by atoms with Gasteiger partial charge in [0.05, 0.1) is 17.7 Å². The molecule has 2 heterocycles. The maximum Gasteiger partial charge on any atom is 0.0991 e. The third kappa shape index (κ3) is 4.58. The van der Waals surface area contributed by atoms with Crippen LogP contribution in [0.1, 0.15) is 46.7 Å². The normalized spacial score (nSPS) is 18.6. The van der Waals surface area contributed by atoms with Gasteiger partial charge < -0.3 is 10.2 Å². The number of thiophene rings is 1. The van der Waals surface area contributed by atoms with Crippen molar-refractivity contribution in [3.63, 3.8) is 0 Å². The van der Waals surface area contributed by atoms with E-state index in [4.69, 9.17) is 0 Å². The van der Waals surface area contributed by atoms with Gasteiger partial charge >= 0.3 is 0 Å². The molecule has 6 aromatic rings. The number of para-hydroxylation sites is 1. The van der Waals surface area contributed by atoms with E-state index in [1.165, 1.54) is 53.8 Å². The van der Waals surface area contributed by atoms with Gasteiger partial charge in [-0.25, -0.2) is 0 Å². The second-order valence-electron chi connectivity index (χ2n) is 11.8. The van der Waals surface area contributed by atoms with Crippen LogP contribution in [0.2, 0.25) is 0 Å². The van der Waals surface area contributed by atoms with E-state index < -0.39 is 0 Å². The van der Waals surface area contributed by atoms with E-state index in [1.54, 1.807) is 0 Å². The lowest BCUT2D eigenvalue weighted by Gasteiger charge is -2.45. The second kappa shape index (κ2) is 10.9. The minimum Gasteiger partial charge on any atom is -0.356 e. The van der Waals surface area contributed by atoms with E-state index in [0.717, 1.165) is 12.2 Å². The summed E-state index contributed by atoms with van der Waals surface area (Å²) < 4.78 is 2.66. The number of rotatable bonds is 6. The predicted molar refractivity (Wildman–Crippen MR) is 185 cm³/mol. The van der Waals surface area contributed by atoms with Gasteiger partial charge in [-0.2, -0.15) is 5.26 Å². The molecular formula is C40H31N3S. The van der Waals surface area contributed by atoms with Gasteiger partial charge in [-0.05, 0) is 71.1 Å². The van der Waals surface area contributed by atoms with Crippen LogP contribution in [0.4, 0.5) is 17.1 Å². The molecule has 1 N–H and O–H groups in total. The molecule has 5 aromatic carbocycles. The minimum atomic E-state index is 0.170. The molecule has 0 fully saturated rings. The van der Waals surface area contributed by atoms with Crippen molar-refractivity contribution in [2.75, 3.05) is 10.2 Å². The number of hydrogen-bond donors (Lipinski definition) is 1. The first-order valence-corrected chi connectivity index (χ1v) is 16.0. The van der Waals surface area contributed by atoms with Crippen molar-refractivity contribution in [3.8, 4) is 6.07 Å². The standard InChI is InChI=1S/C40H31N3S/c1-26-9-2-3-12-31(26)34-23-39-35(32-13-5-7-16-38(32)44-39)22-36(34)42-30-11-8-10-28(21-30)25-43-37-15-6-4-14-33(37)40(43)29-19-17-27(24-41)18-20-29/h2-23,26,31,40,42H,25H2,1H3. The molecule has 2 aliphatic rings. The number of nitrogens with one attached hydrogen (secondary N) is 1. The first-order chi connectivity index (χ1) is 21.7. The summed E-state index contributed by atoms with van der Waals surface area (Å²) in [6.07, 6.45) is 8.99. The molecule has 0 saturated carbocycles. The van der Waals surface area contributed by atoms with Crippen LogP contribution in [0.25, 0.3) is 20.2 Å². The van der Waals surface area contributed by atoms with Crippen molar-refractivity contribution in [2.45, 2.75) is 25.4 Å². The lowest BCUT2D eigenvalue weighted by Crippen LogP contribution is -2.38. The zero-order chi connectivity index (χ0) is 29.6. The Bertz CT molecular complexity index is 2130. The molecule has 0 spiro atoms. The Morgan fingerprint density at radius 3 is 2.45 bits per heavy atom. The molecule has 4 heteroatoms. The molecule has 8 rings (SSSR count). The number of allylic oxidation sites excluding steroid dienone is 4. The number of nitriles is 1. The van der Waals surface area contributed by atoms with Crippen molar-refractivity contribution in [3.05, 3.63) is 161 Å². The summed E-state index contributed by atoms with van der Waals surface area (Å²) >= 11 is 1.88. The van der Waals surface area contributed by atoms with Gasteiger partial charge in [-0.3, -0.25) is 0 Å². The van der Waals surface area contributed by atoms with Crippen LogP contribution in [0.5, 0.6) is 0 Å². The molecule has 1 aliphatic carbocycles. The number of hydrogen-bond acceptors (Lipinski definition) is 4. The average molecular weight is 586 g/mol. The summed E-state index contributed by atoms with van der Waals surface area (Å²) in [5, 5.41) is 15.8. The average Bonchev–Trinajstić information content (AvgIpc) is 3.42. The van der Waals surface area contributed by atoms with Crippen LogP contribution in [0, 0.1) is 17.2 Å². The van der Waals surface area contributed by atoms with Crippen LogP contribution in [-0.2, 0) is 6.54 Å². The Labute approximate surface area is 262 Å². The van der Waals surface area contributed by atoms with Crippen LogP contribution in [-0.4, -0.2) is 0 Å². The summed E-state index contributed by atoms with van der Waals surface area (Å²) in [7, 11) is 0. The lowest BCUT2D eigenvalue weighted by molar-refractivity contribution is 0.637. The van der Waals surface area contributed by atoms with E-state index in [-0.39, 0.29) is 6.04 Å². The highest BCUT2D eigenvalue weighted by Crippen LogP contribution is 2.48. The number of benzene rings is 5. The van der Waals surface area contributed by atoms with Gasteiger partial charge in [0.25, 0.3) is 0 Å². The Morgan fingerprint density at radius 1 is 0.773 bits per heavy atom. The molecule has 1 aliphatic heterocycles. The van der Waals surface area contributed by atoms with Crippen LogP contribution < -0.4 is 10.2 Å². The molecule has 44 heavy (non-hydrogen) atoms. The summed E-state index contributed by atoms with van der Waals surface area (Å²) in [6.45, 7) is 3.10. The SMILES string of the molecule is CC1C=CC=CC1c1cc2sc3ccccc3c2cc1Nc1cccc(CN2c3ccccc3C2c2ccc(C#N)cc2)c1.